The van der Waals surface area contributed by atoms with E-state index in [1.165, 1.54) is 0 Å². The van der Waals surface area contributed by atoms with Crippen molar-refractivity contribution in [1.29, 1.82) is 0 Å². The Morgan fingerprint density at radius 1 is 1.07 bits per heavy atom. The molecule has 30 heavy (non-hydrogen) atoms. The van der Waals surface area contributed by atoms with E-state index < -0.39 is 17.8 Å². The van der Waals surface area contributed by atoms with Crippen molar-refractivity contribution >= 4 is 29.2 Å². The second kappa shape index (κ2) is 8.53. The van der Waals surface area contributed by atoms with Crippen molar-refractivity contribution in [2.75, 3.05) is 31.1 Å². The van der Waals surface area contributed by atoms with Crippen LogP contribution in [0.2, 0.25) is 5.02 Å². The number of anilines is 1. The van der Waals surface area contributed by atoms with Crippen LogP contribution >= 0.6 is 11.6 Å². The molecule has 2 aromatic carbocycles. The average molecular weight is 429 g/mol. The van der Waals surface area contributed by atoms with Gasteiger partial charge in [-0.25, -0.2) is 4.79 Å². The van der Waals surface area contributed by atoms with Gasteiger partial charge in [0.1, 0.15) is 5.54 Å². The van der Waals surface area contributed by atoms with E-state index in [1.54, 1.807) is 0 Å². The quantitative estimate of drug-likeness (QED) is 0.682. The number of rotatable bonds is 5. The molecule has 2 aliphatic rings. The van der Waals surface area contributed by atoms with Crippen molar-refractivity contribution in [3.8, 4) is 0 Å². The van der Waals surface area contributed by atoms with Crippen LogP contribution in [0, 0.1) is 0 Å². The molecule has 0 radical (unpaired) electrons. The zero-order chi connectivity index (χ0) is 21.1. The lowest BCUT2D eigenvalue weighted by Crippen LogP contribution is -2.50. The molecule has 2 aromatic rings. The molecule has 2 heterocycles. The van der Waals surface area contributed by atoms with E-state index in [4.69, 9.17) is 11.6 Å². The van der Waals surface area contributed by atoms with E-state index in [9.17, 15) is 14.7 Å². The topological polar surface area (TPSA) is 84.9 Å². The molecule has 3 amide bonds. The van der Waals surface area contributed by atoms with E-state index in [0.717, 1.165) is 24.3 Å². The van der Waals surface area contributed by atoms with Crippen molar-refractivity contribution in [2.24, 2.45) is 0 Å². The number of amides is 3. The first-order chi connectivity index (χ1) is 14.5. The second-order valence-electron chi connectivity index (χ2n) is 7.68. The summed E-state index contributed by atoms with van der Waals surface area (Å²) < 4.78 is 0. The Kier molecular flexibility index (Phi) is 5.83. The highest BCUT2D eigenvalue weighted by Gasteiger charge is 2.47. The number of piperazine rings is 1. The fourth-order valence-electron chi connectivity index (χ4n) is 4.19. The zero-order valence-electron chi connectivity index (χ0n) is 16.6. The van der Waals surface area contributed by atoms with Gasteiger partial charge in [-0.2, -0.15) is 0 Å². The Hall–Kier alpha value is -2.77. The number of nitrogens with one attached hydrogen (secondary N) is 2. The first kappa shape index (κ1) is 20.5. The molecule has 2 fully saturated rings. The van der Waals surface area contributed by atoms with Gasteiger partial charge in [0.05, 0.1) is 0 Å². The molecule has 0 spiro atoms. The molecule has 7 nitrogen and oxygen atoms in total. The minimum absolute atomic E-state index is 0.0226. The lowest BCUT2D eigenvalue weighted by Gasteiger charge is -2.37. The molecule has 2 atom stereocenters. The summed E-state index contributed by atoms with van der Waals surface area (Å²) in [6.07, 6.45) is -0.552. The highest BCUT2D eigenvalue weighted by atomic mass is 35.5. The largest absolute Gasteiger partial charge is 0.371 e. The molecule has 3 N–H and O–H groups in total. The molecule has 0 bridgehead atoms. The van der Waals surface area contributed by atoms with Crippen LogP contribution in [0.5, 0.6) is 0 Å². The number of aliphatic hydroxyl groups excluding tert-OH is 1. The van der Waals surface area contributed by atoms with Crippen LogP contribution in [0.4, 0.5) is 10.5 Å². The maximum absolute atomic E-state index is 12.9. The lowest BCUT2D eigenvalue weighted by molar-refractivity contribution is -0.132. The Balaban J connectivity index is 1.38. The first-order valence-electron chi connectivity index (χ1n) is 10.1. The number of aliphatic hydroxyl groups is 1. The maximum atomic E-state index is 12.9. The number of hydrogen-bond acceptors (Lipinski definition) is 4. The number of nitrogens with zero attached hydrogens (tertiary/aromatic N) is 2. The van der Waals surface area contributed by atoms with Gasteiger partial charge >= 0.3 is 6.03 Å². The summed E-state index contributed by atoms with van der Waals surface area (Å²) in [4.78, 5) is 28.9. The highest BCUT2D eigenvalue weighted by molar-refractivity contribution is 6.30. The fourth-order valence-corrected chi connectivity index (χ4v) is 4.32. The van der Waals surface area contributed by atoms with E-state index >= 15 is 0 Å². The third-order valence-electron chi connectivity index (χ3n) is 5.92. The summed E-state index contributed by atoms with van der Waals surface area (Å²) >= 11 is 5.96. The molecule has 4 rings (SSSR count). The molecule has 2 unspecified atom stereocenters. The number of carbonyl (C=O) groups is 2. The molecule has 2 aliphatic heterocycles. The van der Waals surface area contributed by atoms with Gasteiger partial charge in [0.25, 0.3) is 0 Å². The monoisotopic (exact) mass is 428 g/mol. The molecular formula is C22H25ClN4O3. The Morgan fingerprint density at radius 3 is 2.33 bits per heavy atom. The number of halogens is 1. The molecule has 8 heteroatoms. The molecular weight excluding hydrogens is 404 g/mol. The van der Waals surface area contributed by atoms with E-state index in [-0.39, 0.29) is 12.3 Å². The second-order valence-corrected chi connectivity index (χ2v) is 8.12. The smallest absolute Gasteiger partial charge is 0.317 e. The Bertz CT molecular complexity index is 900. The molecule has 0 aromatic heterocycles. The van der Waals surface area contributed by atoms with Gasteiger partial charge in [-0.05, 0) is 36.2 Å². The van der Waals surface area contributed by atoms with E-state index in [2.05, 4.69) is 15.5 Å². The van der Waals surface area contributed by atoms with Gasteiger partial charge in [0.15, 0.2) is 6.23 Å². The number of carbonyl (C=O) groups excluding carboxylic acids is 2. The highest BCUT2D eigenvalue weighted by Crippen LogP contribution is 2.33. The van der Waals surface area contributed by atoms with Crippen LogP contribution in [-0.2, 0) is 10.3 Å². The van der Waals surface area contributed by atoms with Gasteiger partial charge in [0.2, 0.25) is 5.91 Å². The van der Waals surface area contributed by atoms with Crippen LogP contribution < -0.4 is 15.5 Å². The standard InChI is InChI=1S/C22H25ClN4O3/c23-17-6-8-18(9-7-17)26-12-14-27(15-13-26)19(28)10-11-22(16-4-2-1-3-5-16)20(29)24-21(30)25-22/h1-9,20,29H,10-15H2,(H2,24,25,30). The minimum Gasteiger partial charge on any atom is -0.371 e. The van der Waals surface area contributed by atoms with Gasteiger partial charge in [-0.15, -0.1) is 0 Å². The first-order valence-corrected chi connectivity index (χ1v) is 10.5. The summed E-state index contributed by atoms with van der Waals surface area (Å²) in [7, 11) is 0. The molecule has 0 aliphatic carbocycles. The van der Waals surface area contributed by atoms with E-state index in [1.807, 2.05) is 59.5 Å². The SMILES string of the molecule is O=C1NC(O)C(CCC(=O)N2CCN(c3ccc(Cl)cc3)CC2)(c2ccccc2)N1. The Morgan fingerprint density at radius 2 is 1.73 bits per heavy atom. The van der Waals surface area contributed by atoms with Gasteiger partial charge in [-0.1, -0.05) is 41.9 Å². The van der Waals surface area contributed by atoms with Crippen molar-refractivity contribution in [3.63, 3.8) is 0 Å². The molecule has 0 saturated carbocycles. The average Bonchev–Trinajstić information content (AvgIpc) is 3.07. The normalized spacial score (nSPS) is 23.8. The summed E-state index contributed by atoms with van der Waals surface area (Å²) in [5, 5.41) is 16.6. The van der Waals surface area contributed by atoms with Crippen molar-refractivity contribution in [3.05, 3.63) is 65.2 Å². The maximum Gasteiger partial charge on any atom is 0.317 e. The van der Waals surface area contributed by atoms with Gasteiger partial charge in [0, 0.05) is 43.3 Å². The van der Waals surface area contributed by atoms with Crippen LogP contribution in [0.15, 0.2) is 54.6 Å². The van der Waals surface area contributed by atoms with Crippen LogP contribution in [-0.4, -0.2) is 54.4 Å². The predicted octanol–water partition coefficient (Wildman–Crippen LogP) is 2.30. The zero-order valence-corrected chi connectivity index (χ0v) is 17.3. The minimum atomic E-state index is -1.10. The van der Waals surface area contributed by atoms with Crippen LogP contribution in [0.3, 0.4) is 0 Å². The summed E-state index contributed by atoms with van der Waals surface area (Å²) in [5.74, 6) is 0.0226. The van der Waals surface area contributed by atoms with Crippen LogP contribution in [0.25, 0.3) is 0 Å². The molecule has 2 saturated heterocycles. The third kappa shape index (κ3) is 4.08. The van der Waals surface area contributed by atoms with Crippen LogP contribution in [0.1, 0.15) is 18.4 Å². The summed E-state index contributed by atoms with van der Waals surface area (Å²) in [6.45, 7) is 2.76. The van der Waals surface area contributed by atoms with Gasteiger partial charge < -0.3 is 25.5 Å². The van der Waals surface area contributed by atoms with Crippen molar-refractivity contribution in [1.82, 2.24) is 15.5 Å². The van der Waals surface area contributed by atoms with Gasteiger partial charge in [-0.3, -0.25) is 4.79 Å². The lowest BCUT2D eigenvalue weighted by atomic mass is 9.84. The fraction of sp³-hybridized carbons (Fsp3) is 0.364. The molecule has 158 valence electrons. The number of hydrogen-bond donors (Lipinski definition) is 3. The summed E-state index contributed by atoms with van der Waals surface area (Å²) in [6, 6.07) is 16.6. The predicted molar refractivity (Wildman–Crippen MR) is 115 cm³/mol. The van der Waals surface area contributed by atoms with Crippen molar-refractivity contribution in [2.45, 2.75) is 24.6 Å². The number of urea groups is 1. The van der Waals surface area contributed by atoms with Crippen molar-refractivity contribution < 1.29 is 14.7 Å². The summed E-state index contributed by atoms with van der Waals surface area (Å²) in [5.41, 5.74) is 0.854. The van der Waals surface area contributed by atoms with E-state index in [0.29, 0.717) is 24.5 Å². The third-order valence-corrected chi connectivity index (χ3v) is 6.17. The Labute approximate surface area is 180 Å². The number of benzene rings is 2.